The quantitative estimate of drug-likeness (QED) is 0.581. The molecule has 2 heterocycles. The number of fused-ring (bicyclic) bond motifs is 1. The normalized spacial score (nSPS) is 15.3. The van der Waals surface area contributed by atoms with E-state index in [1.54, 1.807) is 24.5 Å². The molecule has 0 atom stereocenters. The topological polar surface area (TPSA) is 59.7 Å². The molecule has 6 nitrogen and oxygen atoms in total. The molecule has 2 aromatic heterocycles. The van der Waals surface area contributed by atoms with Gasteiger partial charge in [-0.3, -0.25) is 9.69 Å². The van der Waals surface area contributed by atoms with Gasteiger partial charge >= 0.3 is 0 Å². The fourth-order valence-electron chi connectivity index (χ4n) is 3.96. The van der Waals surface area contributed by atoms with E-state index in [9.17, 15) is 4.79 Å². The van der Waals surface area contributed by atoms with Crippen molar-refractivity contribution in [3.8, 4) is 5.75 Å². The van der Waals surface area contributed by atoms with E-state index in [1.165, 1.54) is 42.2 Å². The lowest BCUT2D eigenvalue weighted by Gasteiger charge is -2.20. The lowest BCUT2D eigenvalue weighted by atomic mass is 9.90. The van der Waals surface area contributed by atoms with Gasteiger partial charge < -0.3 is 4.74 Å². The van der Waals surface area contributed by atoms with Crippen LogP contribution in [0.5, 0.6) is 5.75 Å². The smallest absolute Gasteiger partial charge is 0.275 e. The number of aromatic nitrogens is 3. The van der Waals surface area contributed by atoms with Crippen molar-refractivity contribution < 1.29 is 4.74 Å². The standard InChI is InChI=1S/C22H28N4O2S/c1-3-25(14-16-9-11-19(28-2)12-10-16)15-18-13-20(27)26-22(23-18)29-21(24-26)17-7-5-4-6-8-17/h9-13,17H,3-8,14-15H2,1-2H3. The summed E-state index contributed by atoms with van der Waals surface area (Å²) in [5.41, 5.74) is 1.94. The van der Waals surface area contributed by atoms with Crippen LogP contribution in [0.25, 0.3) is 4.96 Å². The molecule has 1 aliphatic rings. The van der Waals surface area contributed by atoms with Crippen LogP contribution in [0.15, 0.2) is 35.1 Å². The van der Waals surface area contributed by atoms with Gasteiger partial charge in [-0.1, -0.05) is 49.7 Å². The number of ether oxygens (including phenoxy) is 1. The van der Waals surface area contributed by atoms with E-state index in [-0.39, 0.29) is 5.56 Å². The minimum absolute atomic E-state index is 0.0798. The van der Waals surface area contributed by atoms with Crippen molar-refractivity contribution >= 4 is 16.3 Å². The highest BCUT2D eigenvalue weighted by atomic mass is 32.1. The second-order valence-corrected chi connectivity index (χ2v) is 8.69. The lowest BCUT2D eigenvalue weighted by Crippen LogP contribution is -2.25. The monoisotopic (exact) mass is 412 g/mol. The molecular formula is C22H28N4O2S. The van der Waals surface area contributed by atoms with E-state index < -0.39 is 0 Å². The second kappa shape index (κ2) is 9.05. The van der Waals surface area contributed by atoms with E-state index in [4.69, 9.17) is 9.72 Å². The minimum Gasteiger partial charge on any atom is -0.497 e. The zero-order valence-electron chi connectivity index (χ0n) is 17.1. The number of benzene rings is 1. The molecule has 154 valence electrons. The van der Waals surface area contributed by atoms with Crippen molar-refractivity contribution in [1.82, 2.24) is 19.5 Å². The van der Waals surface area contributed by atoms with Crippen LogP contribution < -0.4 is 10.3 Å². The number of rotatable bonds is 7. The molecule has 7 heteroatoms. The molecule has 0 unspecified atom stereocenters. The molecule has 0 radical (unpaired) electrons. The van der Waals surface area contributed by atoms with Crippen molar-refractivity contribution in [3.05, 3.63) is 57.0 Å². The van der Waals surface area contributed by atoms with Crippen molar-refractivity contribution in [2.75, 3.05) is 13.7 Å². The van der Waals surface area contributed by atoms with Crippen LogP contribution in [-0.2, 0) is 13.1 Å². The fourth-order valence-corrected chi connectivity index (χ4v) is 5.06. The van der Waals surface area contributed by atoms with Crippen molar-refractivity contribution in [1.29, 1.82) is 0 Å². The Bertz CT molecular complexity index is 1010. The predicted octanol–water partition coefficient (Wildman–Crippen LogP) is 4.23. The van der Waals surface area contributed by atoms with Crippen molar-refractivity contribution in [2.24, 2.45) is 0 Å². The molecule has 0 saturated heterocycles. The molecule has 1 aliphatic carbocycles. The van der Waals surface area contributed by atoms with E-state index in [1.807, 2.05) is 12.1 Å². The van der Waals surface area contributed by atoms with Gasteiger partial charge in [-0.15, -0.1) is 0 Å². The Hall–Kier alpha value is -2.25. The Morgan fingerprint density at radius 1 is 1.17 bits per heavy atom. The van der Waals surface area contributed by atoms with E-state index in [2.05, 4.69) is 29.1 Å². The van der Waals surface area contributed by atoms with Crippen molar-refractivity contribution in [2.45, 2.75) is 58.0 Å². The first-order valence-electron chi connectivity index (χ1n) is 10.4. The largest absolute Gasteiger partial charge is 0.497 e. The van der Waals surface area contributed by atoms with Crippen molar-refractivity contribution in [3.63, 3.8) is 0 Å². The molecule has 3 aromatic rings. The zero-order valence-corrected chi connectivity index (χ0v) is 18.0. The van der Waals surface area contributed by atoms with E-state index >= 15 is 0 Å². The van der Waals surface area contributed by atoms with Gasteiger partial charge in [-0.25, -0.2) is 4.98 Å². The summed E-state index contributed by atoms with van der Waals surface area (Å²) in [6.07, 6.45) is 6.17. The molecule has 0 aliphatic heterocycles. The summed E-state index contributed by atoms with van der Waals surface area (Å²) in [5, 5.41) is 5.66. The Morgan fingerprint density at radius 3 is 2.62 bits per heavy atom. The van der Waals surface area contributed by atoms with Gasteiger partial charge in [0.15, 0.2) is 0 Å². The maximum absolute atomic E-state index is 12.6. The lowest BCUT2D eigenvalue weighted by molar-refractivity contribution is 0.268. The zero-order chi connectivity index (χ0) is 20.2. The Kier molecular flexibility index (Phi) is 6.25. The first-order chi connectivity index (χ1) is 14.2. The summed E-state index contributed by atoms with van der Waals surface area (Å²) in [6, 6.07) is 9.74. The summed E-state index contributed by atoms with van der Waals surface area (Å²) in [5.74, 6) is 1.34. The maximum atomic E-state index is 12.6. The van der Waals surface area contributed by atoms with Gasteiger partial charge in [0, 0.05) is 25.1 Å². The highest BCUT2D eigenvalue weighted by Gasteiger charge is 2.21. The first kappa shape index (κ1) is 20.0. The summed E-state index contributed by atoms with van der Waals surface area (Å²) < 4.78 is 6.71. The number of methoxy groups -OCH3 is 1. The van der Waals surface area contributed by atoms with Crippen LogP contribution >= 0.6 is 11.3 Å². The van der Waals surface area contributed by atoms with Gasteiger partial charge in [0.05, 0.1) is 12.8 Å². The molecule has 0 N–H and O–H groups in total. The first-order valence-corrected chi connectivity index (χ1v) is 11.2. The third kappa shape index (κ3) is 4.67. The van der Waals surface area contributed by atoms with Crippen LogP contribution in [0.4, 0.5) is 0 Å². The number of hydrogen-bond acceptors (Lipinski definition) is 6. The molecule has 1 saturated carbocycles. The SMILES string of the molecule is CCN(Cc1ccc(OC)cc1)Cc1cc(=O)n2nc(C3CCCCC3)sc2n1. The summed E-state index contributed by atoms with van der Waals surface area (Å²) in [4.78, 5) is 20.4. The van der Waals surface area contributed by atoms with Gasteiger partial charge in [0.25, 0.3) is 5.56 Å². The Morgan fingerprint density at radius 2 is 1.93 bits per heavy atom. The maximum Gasteiger partial charge on any atom is 0.275 e. The van der Waals surface area contributed by atoms with Gasteiger partial charge in [0.1, 0.15) is 10.8 Å². The van der Waals surface area contributed by atoms with E-state index in [0.717, 1.165) is 29.5 Å². The molecule has 4 rings (SSSR count). The van der Waals surface area contributed by atoms with Crippen LogP contribution in [0.1, 0.15) is 61.2 Å². The van der Waals surface area contributed by atoms with Gasteiger partial charge in [0.2, 0.25) is 4.96 Å². The summed E-state index contributed by atoms with van der Waals surface area (Å²) in [6.45, 7) is 4.45. The van der Waals surface area contributed by atoms with Crippen LogP contribution in [-0.4, -0.2) is 33.2 Å². The molecule has 1 aromatic carbocycles. The fraction of sp³-hybridized carbons (Fsp3) is 0.500. The predicted molar refractivity (Wildman–Crippen MR) is 116 cm³/mol. The third-order valence-electron chi connectivity index (χ3n) is 5.67. The van der Waals surface area contributed by atoms with Gasteiger partial charge in [-0.05, 0) is 37.1 Å². The van der Waals surface area contributed by atoms with E-state index in [0.29, 0.717) is 17.4 Å². The molecule has 0 spiro atoms. The van der Waals surface area contributed by atoms with Crippen LogP contribution in [0.3, 0.4) is 0 Å². The number of hydrogen-bond donors (Lipinski definition) is 0. The number of nitrogens with zero attached hydrogens (tertiary/aromatic N) is 4. The Labute approximate surface area is 175 Å². The third-order valence-corrected chi connectivity index (χ3v) is 6.74. The molecular weight excluding hydrogens is 384 g/mol. The van der Waals surface area contributed by atoms with Gasteiger partial charge in [-0.2, -0.15) is 9.61 Å². The minimum atomic E-state index is -0.0798. The van der Waals surface area contributed by atoms with Crippen LogP contribution in [0, 0.1) is 0 Å². The highest BCUT2D eigenvalue weighted by Crippen LogP contribution is 2.34. The molecule has 1 fully saturated rings. The highest BCUT2D eigenvalue weighted by molar-refractivity contribution is 7.16. The average Bonchev–Trinajstić information content (AvgIpc) is 3.19. The molecule has 0 bridgehead atoms. The summed E-state index contributed by atoms with van der Waals surface area (Å²) in [7, 11) is 1.67. The Balaban J connectivity index is 1.52. The average molecular weight is 413 g/mol. The molecule has 29 heavy (non-hydrogen) atoms. The molecule has 0 amide bonds. The second-order valence-electron chi connectivity index (χ2n) is 7.71. The summed E-state index contributed by atoms with van der Waals surface area (Å²) >= 11 is 1.58. The van der Waals surface area contributed by atoms with Crippen LogP contribution in [0.2, 0.25) is 0 Å².